The first-order valence-corrected chi connectivity index (χ1v) is 8.15. The highest BCUT2D eigenvalue weighted by atomic mass is 79.9. The molecule has 1 heterocycles. The summed E-state index contributed by atoms with van der Waals surface area (Å²) in [4.78, 5) is 3.88. The number of sulfonamides is 1. The molecule has 2 aromatic rings. The molecule has 1 aromatic heterocycles. The van der Waals surface area contributed by atoms with Crippen LogP contribution in [0, 0.1) is 0 Å². The second kappa shape index (κ2) is 5.90. The number of aromatic nitrogens is 1. The molecule has 0 bridgehead atoms. The molecule has 0 spiro atoms. The zero-order valence-electron chi connectivity index (χ0n) is 10.7. The standard InChI is InChI=1S/C13H14BrN3O2S/c1-9(10-3-2-4-11(14)7-10)17-20(18,19)12-5-6-13(15)16-8-12/h2-9,17H,1H3,(H2,15,16). The van der Waals surface area contributed by atoms with Gasteiger partial charge in [0.1, 0.15) is 10.7 Å². The zero-order valence-corrected chi connectivity index (χ0v) is 13.1. The second-order valence-corrected chi connectivity index (χ2v) is 6.95. The third kappa shape index (κ3) is 3.56. The van der Waals surface area contributed by atoms with Crippen molar-refractivity contribution in [2.45, 2.75) is 17.9 Å². The highest BCUT2D eigenvalue weighted by molar-refractivity contribution is 9.10. The molecule has 0 aliphatic heterocycles. The topological polar surface area (TPSA) is 85.1 Å². The van der Waals surface area contributed by atoms with Gasteiger partial charge in [0, 0.05) is 16.7 Å². The third-order valence-corrected chi connectivity index (χ3v) is 4.77. The molecule has 0 aliphatic carbocycles. The van der Waals surface area contributed by atoms with Crippen LogP contribution in [0.15, 0.2) is 52.0 Å². The smallest absolute Gasteiger partial charge is 0.242 e. The summed E-state index contributed by atoms with van der Waals surface area (Å²) in [6.07, 6.45) is 1.24. The zero-order chi connectivity index (χ0) is 14.8. The summed E-state index contributed by atoms with van der Waals surface area (Å²) in [6, 6.07) is 10.0. The van der Waals surface area contributed by atoms with Crippen LogP contribution >= 0.6 is 15.9 Å². The number of hydrogen-bond acceptors (Lipinski definition) is 4. The molecule has 1 atom stereocenters. The van der Waals surface area contributed by atoms with Gasteiger partial charge >= 0.3 is 0 Å². The Morgan fingerprint density at radius 3 is 2.65 bits per heavy atom. The third-order valence-electron chi connectivity index (χ3n) is 2.75. The lowest BCUT2D eigenvalue weighted by Crippen LogP contribution is -2.27. The molecular weight excluding hydrogens is 342 g/mol. The van der Waals surface area contributed by atoms with Gasteiger partial charge in [-0.3, -0.25) is 0 Å². The summed E-state index contributed by atoms with van der Waals surface area (Å²) in [5.41, 5.74) is 6.31. The summed E-state index contributed by atoms with van der Waals surface area (Å²) in [7, 11) is -3.62. The lowest BCUT2D eigenvalue weighted by Gasteiger charge is -2.15. The fraction of sp³-hybridized carbons (Fsp3) is 0.154. The summed E-state index contributed by atoms with van der Waals surface area (Å²) < 4.78 is 27.9. The van der Waals surface area contributed by atoms with Gasteiger partial charge in [-0.2, -0.15) is 0 Å². The number of anilines is 1. The van der Waals surface area contributed by atoms with E-state index in [1.165, 1.54) is 18.3 Å². The summed E-state index contributed by atoms with van der Waals surface area (Å²) >= 11 is 3.36. The molecular formula is C13H14BrN3O2S. The van der Waals surface area contributed by atoms with Crippen LogP contribution in [0.2, 0.25) is 0 Å². The highest BCUT2D eigenvalue weighted by Gasteiger charge is 2.18. The SMILES string of the molecule is CC(NS(=O)(=O)c1ccc(N)nc1)c1cccc(Br)c1. The Morgan fingerprint density at radius 1 is 1.30 bits per heavy atom. The number of benzene rings is 1. The van der Waals surface area contributed by atoms with Crippen molar-refractivity contribution < 1.29 is 8.42 Å². The minimum absolute atomic E-state index is 0.0912. The average molecular weight is 356 g/mol. The maximum atomic E-state index is 12.2. The Morgan fingerprint density at radius 2 is 2.05 bits per heavy atom. The van der Waals surface area contributed by atoms with E-state index in [4.69, 9.17) is 5.73 Å². The van der Waals surface area contributed by atoms with Gasteiger partial charge in [-0.15, -0.1) is 0 Å². The monoisotopic (exact) mass is 355 g/mol. The lowest BCUT2D eigenvalue weighted by atomic mass is 10.1. The Labute approximate surface area is 126 Å². The molecule has 7 heteroatoms. The van der Waals surface area contributed by atoms with E-state index in [9.17, 15) is 8.42 Å². The Balaban J connectivity index is 2.22. The molecule has 0 amide bonds. The van der Waals surface area contributed by atoms with Crippen LogP contribution in [0.5, 0.6) is 0 Å². The van der Waals surface area contributed by atoms with Gasteiger partial charge in [0.2, 0.25) is 10.0 Å². The number of nitrogen functional groups attached to an aromatic ring is 1. The maximum Gasteiger partial charge on any atom is 0.242 e. The van der Waals surface area contributed by atoms with E-state index < -0.39 is 10.0 Å². The summed E-state index contributed by atoms with van der Waals surface area (Å²) in [5.74, 6) is 0.281. The minimum atomic E-state index is -3.62. The summed E-state index contributed by atoms with van der Waals surface area (Å²) in [5, 5.41) is 0. The number of hydrogen-bond donors (Lipinski definition) is 2. The number of rotatable bonds is 4. The summed E-state index contributed by atoms with van der Waals surface area (Å²) in [6.45, 7) is 1.78. The van der Waals surface area contributed by atoms with E-state index in [2.05, 4.69) is 25.6 Å². The predicted molar refractivity (Wildman–Crippen MR) is 81.5 cm³/mol. The van der Waals surface area contributed by atoms with Crippen LogP contribution < -0.4 is 10.5 Å². The average Bonchev–Trinajstić information content (AvgIpc) is 2.38. The molecule has 0 saturated heterocycles. The second-order valence-electron chi connectivity index (χ2n) is 4.32. The van der Waals surface area contributed by atoms with Crippen LogP contribution in [-0.2, 0) is 10.0 Å². The molecule has 5 nitrogen and oxygen atoms in total. The van der Waals surface area contributed by atoms with E-state index in [0.29, 0.717) is 0 Å². The number of halogens is 1. The molecule has 20 heavy (non-hydrogen) atoms. The highest BCUT2D eigenvalue weighted by Crippen LogP contribution is 2.20. The van der Waals surface area contributed by atoms with Gasteiger partial charge in [-0.05, 0) is 36.8 Å². The van der Waals surface area contributed by atoms with E-state index in [-0.39, 0.29) is 16.8 Å². The molecule has 0 saturated carbocycles. The first-order valence-electron chi connectivity index (χ1n) is 5.88. The van der Waals surface area contributed by atoms with Gasteiger partial charge in [0.25, 0.3) is 0 Å². The quantitative estimate of drug-likeness (QED) is 0.881. The molecule has 106 valence electrons. The van der Waals surface area contributed by atoms with Gasteiger partial charge < -0.3 is 5.73 Å². The van der Waals surface area contributed by atoms with Crippen LogP contribution in [0.3, 0.4) is 0 Å². The molecule has 2 rings (SSSR count). The van der Waals surface area contributed by atoms with Crippen molar-refractivity contribution in [1.82, 2.24) is 9.71 Å². The van der Waals surface area contributed by atoms with E-state index in [0.717, 1.165) is 10.0 Å². The number of nitrogens with two attached hydrogens (primary N) is 1. The molecule has 3 N–H and O–H groups in total. The van der Waals surface area contributed by atoms with E-state index >= 15 is 0 Å². The predicted octanol–water partition coefficient (Wildman–Crippen LogP) is 2.47. The van der Waals surface area contributed by atoms with Crippen molar-refractivity contribution in [3.8, 4) is 0 Å². The molecule has 1 unspecified atom stereocenters. The van der Waals surface area contributed by atoms with Crippen LogP contribution in [0.25, 0.3) is 0 Å². The van der Waals surface area contributed by atoms with Gasteiger partial charge in [-0.1, -0.05) is 28.1 Å². The fourth-order valence-corrected chi connectivity index (χ4v) is 3.29. The fourth-order valence-electron chi connectivity index (χ4n) is 1.70. The van der Waals surface area contributed by atoms with Crippen molar-refractivity contribution >= 4 is 31.8 Å². The van der Waals surface area contributed by atoms with Crippen molar-refractivity contribution in [2.75, 3.05) is 5.73 Å². The molecule has 1 aromatic carbocycles. The molecule has 0 radical (unpaired) electrons. The Kier molecular flexibility index (Phi) is 4.42. The van der Waals surface area contributed by atoms with Crippen molar-refractivity contribution in [3.63, 3.8) is 0 Å². The van der Waals surface area contributed by atoms with Crippen molar-refractivity contribution in [3.05, 3.63) is 52.6 Å². The van der Waals surface area contributed by atoms with Gasteiger partial charge in [0.05, 0.1) is 0 Å². The normalized spacial score (nSPS) is 13.1. The Hall–Kier alpha value is -1.44. The Bertz CT molecular complexity index is 702. The van der Waals surface area contributed by atoms with Crippen LogP contribution in [-0.4, -0.2) is 13.4 Å². The van der Waals surface area contributed by atoms with E-state index in [1.807, 2.05) is 24.3 Å². The van der Waals surface area contributed by atoms with Crippen molar-refractivity contribution in [1.29, 1.82) is 0 Å². The van der Waals surface area contributed by atoms with Crippen LogP contribution in [0.1, 0.15) is 18.5 Å². The largest absolute Gasteiger partial charge is 0.384 e. The van der Waals surface area contributed by atoms with E-state index in [1.54, 1.807) is 6.92 Å². The van der Waals surface area contributed by atoms with Gasteiger partial charge in [-0.25, -0.2) is 18.1 Å². The number of nitrogens with one attached hydrogen (secondary N) is 1. The molecule has 0 aliphatic rings. The lowest BCUT2D eigenvalue weighted by molar-refractivity contribution is 0.566. The van der Waals surface area contributed by atoms with Crippen LogP contribution in [0.4, 0.5) is 5.82 Å². The minimum Gasteiger partial charge on any atom is -0.384 e. The number of pyridine rings is 1. The first-order chi connectivity index (χ1) is 9.38. The maximum absolute atomic E-state index is 12.2. The molecule has 0 fully saturated rings. The van der Waals surface area contributed by atoms with Crippen molar-refractivity contribution in [2.24, 2.45) is 0 Å². The first kappa shape index (κ1) is 15.0. The number of nitrogens with zero attached hydrogens (tertiary/aromatic N) is 1. The van der Waals surface area contributed by atoms with Gasteiger partial charge in [0.15, 0.2) is 0 Å².